The van der Waals surface area contributed by atoms with Gasteiger partial charge in [-0.05, 0) is 61.6 Å². The van der Waals surface area contributed by atoms with Gasteiger partial charge in [0.15, 0.2) is 5.76 Å². The predicted octanol–water partition coefficient (Wildman–Crippen LogP) is 7.30. The molecule has 5 aromatic rings. The number of benzene rings is 3. The van der Waals surface area contributed by atoms with Crippen molar-refractivity contribution < 1.29 is 14.1 Å². The number of ether oxygens (including phenoxy) is 1. The van der Waals surface area contributed by atoms with E-state index in [1.54, 1.807) is 0 Å². The van der Waals surface area contributed by atoms with Gasteiger partial charge in [0.2, 0.25) is 0 Å². The summed E-state index contributed by atoms with van der Waals surface area (Å²) in [7, 11) is 0. The minimum absolute atomic E-state index is 0.120. The molecule has 0 radical (unpaired) electrons. The summed E-state index contributed by atoms with van der Waals surface area (Å²) in [5.41, 5.74) is 13.6. The van der Waals surface area contributed by atoms with Crippen LogP contribution >= 0.6 is 0 Å². The SMILES string of the molecule is CCOC(=O)C1(c2ccc(-c3ccc(-c4onc(C)c4Nc4cccc(-c5ccccc5N)n4)cc3)cc2)CC1. The van der Waals surface area contributed by atoms with Crippen molar-refractivity contribution in [2.24, 2.45) is 0 Å². The Labute approximate surface area is 233 Å². The number of aryl methyl sites for hydroxylation is 1. The average Bonchev–Trinajstić information content (AvgIpc) is 3.72. The largest absolute Gasteiger partial charge is 0.465 e. The van der Waals surface area contributed by atoms with Crippen molar-refractivity contribution in [3.63, 3.8) is 0 Å². The molecule has 3 aromatic carbocycles. The number of hydrogen-bond donors (Lipinski definition) is 2. The van der Waals surface area contributed by atoms with Crippen molar-refractivity contribution in [2.75, 3.05) is 17.7 Å². The number of nitrogens with two attached hydrogens (primary N) is 1. The molecule has 0 aliphatic heterocycles. The number of carbonyl (C=O) groups excluding carboxylic acids is 1. The second-order valence-electron chi connectivity index (χ2n) is 10.0. The number of rotatable bonds is 8. The summed E-state index contributed by atoms with van der Waals surface area (Å²) in [6, 6.07) is 29.8. The standard InChI is InChI=1S/C33H30N4O3/c1-3-39-32(38)33(19-20-33)25-17-15-23(16-18-25)22-11-13-24(14-12-22)31-30(21(2)37-40-31)36-29-10-6-9-28(35-29)26-7-4-5-8-27(26)34/h4-18H,3,19-20,34H2,1-2H3,(H,35,36). The molecule has 0 spiro atoms. The van der Waals surface area contributed by atoms with E-state index in [1.165, 1.54) is 0 Å². The number of anilines is 3. The van der Waals surface area contributed by atoms with E-state index in [0.717, 1.165) is 57.7 Å². The molecule has 0 amide bonds. The number of esters is 1. The molecule has 7 heteroatoms. The van der Waals surface area contributed by atoms with Crippen LogP contribution in [0, 0.1) is 6.92 Å². The van der Waals surface area contributed by atoms with Crippen LogP contribution in [-0.2, 0) is 14.9 Å². The van der Waals surface area contributed by atoms with Crippen molar-refractivity contribution in [1.82, 2.24) is 10.1 Å². The van der Waals surface area contributed by atoms with E-state index < -0.39 is 5.41 Å². The van der Waals surface area contributed by atoms with Gasteiger partial charge in [-0.25, -0.2) is 4.98 Å². The average molecular weight is 531 g/mol. The van der Waals surface area contributed by atoms with E-state index in [2.05, 4.69) is 34.7 Å². The van der Waals surface area contributed by atoms with Crippen LogP contribution in [0.1, 0.15) is 31.0 Å². The van der Waals surface area contributed by atoms with E-state index in [0.29, 0.717) is 23.9 Å². The third-order valence-electron chi connectivity index (χ3n) is 7.44. The summed E-state index contributed by atoms with van der Waals surface area (Å²) >= 11 is 0. The molecule has 2 heterocycles. The second-order valence-corrected chi connectivity index (χ2v) is 10.0. The fraction of sp³-hybridized carbons (Fsp3) is 0.182. The Hall–Kier alpha value is -4.91. The number of hydrogen-bond acceptors (Lipinski definition) is 7. The summed E-state index contributed by atoms with van der Waals surface area (Å²) in [5, 5.41) is 7.60. The molecule has 3 N–H and O–H groups in total. The molecule has 200 valence electrons. The number of pyridine rings is 1. The van der Waals surface area contributed by atoms with Crippen LogP contribution in [0.4, 0.5) is 17.2 Å². The van der Waals surface area contributed by atoms with Gasteiger partial charge in [-0.2, -0.15) is 0 Å². The molecule has 7 nitrogen and oxygen atoms in total. The van der Waals surface area contributed by atoms with Gasteiger partial charge >= 0.3 is 5.97 Å². The summed E-state index contributed by atoms with van der Waals surface area (Å²) in [4.78, 5) is 17.2. The lowest BCUT2D eigenvalue weighted by Gasteiger charge is -2.14. The quantitative estimate of drug-likeness (QED) is 0.160. The molecule has 0 saturated heterocycles. The number of nitrogen functional groups attached to an aromatic ring is 1. The number of aromatic nitrogens is 2. The molecule has 1 aliphatic rings. The number of nitrogens with one attached hydrogen (secondary N) is 1. The Morgan fingerprint density at radius 1 is 0.925 bits per heavy atom. The lowest BCUT2D eigenvalue weighted by molar-refractivity contribution is -0.146. The molecule has 1 saturated carbocycles. The zero-order valence-electron chi connectivity index (χ0n) is 22.5. The van der Waals surface area contributed by atoms with E-state index in [9.17, 15) is 4.79 Å². The Balaban J connectivity index is 1.22. The smallest absolute Gasteiger partial charge is 0.316 e. The van der Waals surface area contributed by atoms with Crippen LogP contribution in [0.2, 0.25) is 0 Å². The summed E-state index contributed by atoms with van der Waals surface area (Å²) in [6.07, 6.45) is 1.68. The van der Waals surface area contributed by atoms with Gasteiger partial charge in [-0.1, -0.05) is 78.0 Å². The topological polar surface area (TPSA) is 103 Å². The fourth-order valence-electron chi connectivity index (χ4n) is 5.03. The van der Waals surface area contributed by atoms with Gasteiger partial charge in [0.05, 0.1) is 17.7 Å². The summed E-state index contributed by atoms with van der Waals surface area (Å²) in [6.45, 7) is 4.14. The maximum absolute atomic E-state index is 12.4. The van der Waals surface area contributed by atoms with Crippen molar-refractivity contribution in [2.45, 2.75) is 32.1 Å². The highest BCUT2D eigenvalue weighted by Gasteiger charge is 2.52. The molecule has 1 fully saturated rings. The van der Waals surface area contributed by atoms with E-state index >= 15 is 0 Å². The molecular weight excluding hydrogens is 500 g/mol. The molecule has 0 atom stereocenters. The lowest BCUT2D eigenvalue weighted by Crippen LogP contribution is -2.23. The van der Waals surface area contributed by atoms with Crippen molar-refractivity contribution in [3.05, 3.63) is 102 Å². The third kappa shape index (κ3) is 4.71. The van der Waals surface area contributed by atoms with Crippen molar-refractivity contribution in [3.8, 4) is 33.7 Å². The van der Waals surface area contributed by atoms with Gasteiger partial charge in [-0.15, -0.1) is 0 Å². The molecule has 1 aliphatic carbocycles. The van der Waals surface area contributed by atoms with Gasteiger partial charge in [0.25, 0.3) is 0 Å². The van der Waals surface area contributed by atoms with Gasteiger partial charge in [0, 0.05) is 16.8 Å². The monoisotopic (exact) mass is 530 g/mol. The maximum Gasteiger partial charge on any atom is 0.316 e. The van der Waals surface area contributed by atoms with Crippen LogP contribution < -0.4 is 11.1 Å². The Morgan fingerprint density at radius 3 is 2.27 bits per heavy atom. The van der Waals surface area contributed by atoms with Crippen LogP contribution in [-0.4, -0.2) is 22.7 Å². The van der Waals surface area contributed by atoms with Crippen LogP contribution in [0.25, 0.3) is 33.7 Å². The maximum atomic E-state index is 12.4. The molecule has 6 rings (SSSR count). The highest BCUT2D eigenvalue weighted by molar-refractivity contribution is 5.87. The van der Waals surface area contributed by atoms with Crippen LogP contribution in [0.15, 0.2) is 95.5 Å². The van der Waals surface area contributed by atoms with Crippen LogP contribution in [0.3, 0.4) is 0 Å². The third-order valence-corrected chi connectivity index (χ3v) is 7.44. The van der Waals surface area contributed by atoms with E-state index in [4.69, 9.17) is 20.0 Å². The van der Waals surface area contributed by atoms with E-state index in [1.807, 2.05) is 80.6 Å². The molecule has 40 heavy (non-hydrogen) atoms. The Bertz CT molecular complexity index is 1670. The zero-order chi connectivity index (χ0) is 27.7. The Kier molecular flexibility index (Phi) is 6.56. The lowest BCUT2D eigenvalue weighted by atomic mass is 9.93. The number of nitrogens with zero attached hydrogens (tertiary/aromatic N) is 2. The molecule has 0 unspecified atom stereocenters. The first-order valence-electron chi connectivity index (χ1n) is 13.4. The summed E-state index contributed by atoms with van der Waals surface area (Å²) in [5.74, 6) is 1.18. The Morgan fingerprint density at radius 2 is 1.60 bits per heavy atom. The van der Waals surface area contributed by atoms with Gasteiger partial charge in [0.1, 0.15) is 17.2 Å². The molecule has 2 aromatic heterocycles. The van der Waals surface area contributed by atoms with Crippen molar-refractivity contribution in [1.29, 1.82) is 0 Å². The second kappa shape index (κ2) is 10.3. The molecular formula is C33H30N4O3. The fourth-order valence-corrected chi connectivity index (χ4v) is 5.03. The number of carbonyl (C=O) groups is 1. The predicted molar refractivity (Wildman–Crippen MR) is 157 cm³/mol. The minimum atomic E-state index is -0.464. The molecule has 0 bridgehead atoms. The number of para-hydroxylation sites is 1. The first kappa shape index (κ1) is 25.4. The first-order valence-corrected chi connectivity index (χ1v) is 13.4. The highest BCUT2D eigenvalue weighted by atomic mass is 16.5. The van der Waals surface area contributed by atoms with Gasteiger partial charge in [-0.3, -0.25) is 4.79 Å². The summed E-state index contributed by atoms with van der Waals surface area (Å²) < 4.78 is 11.0. The first-order chi connectivity index (χ1) is 19.5. The zero-order valence-corrected chi connectivity index (χ0v) is 22.5. The van der Waals surface area contributed by atoms with E-state index in [-0.39, 0.29) is 5.97 Å². The van der Waals surface area contributed by atoms with Crippen LogP contribution in [0.5, 0.6) is 0 Å². The van der Waals surface area contributed by atoms with Gasteiger partial charge < -0.3 is 20.3 Å². The van der Waals surface area contributed by atoms with Crippen molar-refractivity contribution >= 4 is 23.2 Å². The normalized spacial score (nSPS) is 13.6. The minimum Gasteiger partial charge on any atom is -0.465 e. The highest BCUT2D eigenvalue weighted by Crippen LogP contribution is 2.49.